The van der Waals surface area contributed by atoms with Gasteiger partial charge in [-0.1, -0.05) is 40.2 Å². The van der Waals surface area contributed by atoms with Crippen molar-refractivity contribution in [1.82, 2.24) is 0 Å². The summed E-state index contributed by atoms with van der Waals surface area (Å²) in [5.41, 5.74) is 2.61. The highest BCUT2D eigenvalue weighted by atomic mass is 79.9. The van der Waals surface area contributed by atoms with Crippen LogP contribution in [0.4, 0.5) is 0 Å². The minimum Gasteiger partial charge on any atom is -0.493 e. The summed E-state index contributed by atoms with van der Waals surface area (Å²) in [6.45, 7) is 0.341. The zero-order valence-corrected chi connectivity index (χ0v) is 12.7. The maximum Gasteiger partial charge on any atom is 0.161 e. The van der Waals surface area contributed by atoms with Gasteiger partial charge in [-0.3, -0.25) is 0 Å². The van der Waals surface area contributed by atoms with E-state index >= 15 is 0 Å². The van der Waals surface area contributed by atoms with E-state index in [0.29, 0.717) is 23.7 Å². The first-order valence-corrected chi connectivity index (χ1v) is 7.24. The fraction of sp³-hybridized carbons (Fsp3) is 0.188. The molecule has 3 nitrogen and oxygen atoms in total. The van der Waals surface area contributed by atoms with Gasteiger partial charge >= 0.3 is 0 Å². The van der Waals surface area contributed by atoms with Crippen molar-refractivity contribution < 1.29 is 9.47 Å². The van der Waals surface area contributed by atoms with Crippen molar-refractivity contribution in [3.63, 3.8) is 0 Å². The van der Waals surface area contributed by atoms with E-state index in [2.05, 4.69) is 22.0 Å². The number of nitrogens with zero attached hydrogens (tertiary/aromatic N) is 1. The largest absolute Gasteiger partial charge is 0.493 e. The highest BCUT2D eigenvalue weighted by Gasteiger charge is 2.07. The van der Waals surface area contributed by atoms with Gasteiger partial charge in [0.15, 0.2) is 11.5 Å². The molecule has 0 atom stereocenters. The third-order valence-corrected chi connectivity index (χ3v) is 3.55. The van der Waals surface area contributed by atoms with Crippen molar-refractivity contribution in [3.05, 3.63) is 59.2 Å². The molecule has 0 amide bonds. The summed E-state index contributed by atoms with van der Waals surface area (Å²) in [5, 5.41) is 9.81. The predicted octanol–water partition coefficient (Wildman–Crippen LogP) is 4.04. The fourth-order valence-corrected chi connectivity index (χ4v) is 2.17. The van der Waals surface area contributed by atoms with E-state index in [9.17, 15) is 0 Å². The number of hydrogen-bond acceptors (Lipinski definition) is 3. The van der Waals surface area contributed by atoms with Gasteiger partial charge in [-0.25, -0.2) is 0 Å². The first-order valence-electron chi connectivity index (χ1n) is 6.12. The third kappa shape index (κ3) is 3.31. The quantitative estimate of drug-likeness (QED) is 0.776. The minimum atomic E-state index is 0.341. The zero-order valence-electron chi connectivity index (χ0n) is 11.1. The molecule has 2 aromatic carbocycles. The highest BCUT2D eigenvalue weighted by molar-refractivity contribution is 9.08. The van der Waals surface area contributed by atoms with Crippen LogP contribution >= 0.6 is 15.9 Å². The number of alkyl halides is 1. The molecule has 0 aliphatic carbocycles. The second-order valence-electron chi connectivity index (χ2n) is 4.18. The molecule has 2 rings (SSSR count). The molecule has 0 saturated carbocycles. The fourth-order valence-electron chi connectivity index (χ4n) is 1.83. The van der Waals surface area contributed by atoms with Crippen molar-refractivity contribution in [2.75, 3.05) is 7.11 Å². The molecule has 0 aliphatic heterocycles. The van der Waals surface area contributed by atoms with Crippen LogP contribution in [0.25, 0.3) is 0 Å². The number of hydrogen-bond donors (Lipinski definition) is 0. The summed E-state index contributed by atoms with van der Waals surface area (Å²) in [5.74, 6) is 1.36. The molecule has 0 heterocycles. The van der Waals surface area contributed by atoms with Crippen molar-refractivity contribution in [2.24, 2.45) is 0 Å². The lowest BCUT2D eigenvalue weighted by Gasteiger charge is -2.12. The van der Waals surface area contributed by atoms with Crippen LogP contribution in [0, 0.1) is 11.3 Å². The number of rotatable bonds is 5. The lowest BCUT2D eigenvalue weighted by molar-refractivity contribution is 0.284. The molecule has 0 fully saturated rings. The van der Waals surface area contributed by atoms with Crippen LogP contribution in [0.2, 0.25) is 0 Å². The molecular weight excluding hydrogens is 318 g/mol. The number of methoxy groups -OCH3 is 1. The smallest absolute Gasteiger partial charge is 0.161 e. The van der Waals surface area contributed by atoms with Gasteiger partial charge in [0.1, 0.15) is 6.61 Å². The number of nitriles is 1. The molecule has 102 valence electrons. The van der Waals surface area contributed by atoms with E-state index < -0.39 is 0 Å². The van der Waals surface area contributed by atoms with E-state index in [4.69, 9.17) is 14.7 Å². The molecule has 2 aromatic rings. The molecule has 20 heavy (non-hydrogen) atoms. The molecular formula is C16H14BrNO2. The van der Waals surface area contributed by atoms with Crippen molar-refractivity contribution in [2.45, 2.75) is 11.9 Å². The topological polar surface area (TPSA) is 42.2 Å². The lowest BCUT2D eigenvalue weighted by atomic mass is 10.1. The summed E-state index contributed by atoms with van der Waals surface area (Å²) in [6.07, 6.45) is 0. The third-order valence-electron chi connectivity index (χ3n) is 2.90. The van der Waals surface area contributed by atoms with Gasteiger partial charge in [0.05, 0.1) is 18.7 Å². The van der Waals surface area contributed by atoms with Crippen LogP contribution in [0.5, 0.6) is 11.5 Å². The molecule has 0 bridgehead atoms. The summed E-state index contributed by atoms with van der Waals surface area (Å²) in [4.78, 5) is 0. The van der Waals surface area contributed by atoms with Gasteiger partial charge in [0.2, 0.25) is 0 Å². The van der Waals surface area contributed by atoms with Crippen LogP contribution in [-0.4, -0.2) is 7.11 Å². The number of benzene rings is 2. The Bertz CT molecular complexity index is 635. The van der Waals surface area contributed by atoms with E-state index in [1.165, 1.54) is 0 Å². The van der Waals surface area contributed by atoms with E-state index in [-0.39, 0.29) is 0 Å². The van der Waals surface area contributed by atoms with Gasteiger partial charge in [-0.15, -0.1) is 0 Å². The molecule has 0 radical (unpaired) electrons. The molecule has 0 N–H and O–H groups in total. The van der Waals surface area contributed by atoms with Gasteiger partial charge in [-0.05, 0) is 23.8 Å². The van der Waals surface area contributed by atoms with Crippen molar-refractivity contribution >= 4 is 15.9 Å². The number of ether oxygens (including phenoxy) is 2. The van der Waals surface area contributed by atoms with Crippen LogP contribution in [-0.2, 0) is 11.9 Å². The Balaban J connectivity index is 2.17. The zero-order chi connectivity index (χ0) is 14.4. The Morgan fingerprint density at radius 2 is 1.95 bits per heavy atom. The maximum absolute atomic E-state index is 9.05. The lowest BCUT2D eigenvalue weighted by Crippen LogP contribution is -2.00. The molecule has 0 aliphatic rings. The van der Waals surface area contributed by atoms with Gasteiger partial charge in [-0.2, -0.15) is 5.26 Å². The Morgan fingerprint density at radius 1 is 1.15 bits per heavy atom. The predicted molar refractivity (Wildman–Crippen MR) is 81.1 cm³/mol. The monoisotopic (exact) mass is 331 g/mol. The van der Waals surface area contributed by atoms with Crippen LogP contribution in [0.3, 0.4) is 0 Å². The van der Waals surface area contributed by atoms with E-state index in [1.54, 1.807) is 13.2 Å². The molecule has 0 spiro atoms. The summed E-state index contributed by atoms with van der Waals surface area (Å²) >= 11 is 3.41. The number of halogens is 1. The van der Waals surface area contributed by atoms with E-state index in [0.717, 1.165) is 16.5 Å². The van der Waals surface area contributed by atoms with Crippen LogP contribution in [0.15, 0.2) is 42.5 Å². The minimum absolute atomic E-state index is 0.341. The molecule has 4 heteroatoms. The molecule has 0 aromatic heterocycles. The second-order valence-corrected chi connectivity index (χ2v) is 4.74. The Labute approximate surface area is 126 Å². The normalized spacial score (nSPS) is 9.85. The second kappa shape index (κ2) is 6.97. The first-order chi connectivity index (χ1) is 9.78. The summed E-state index contributed by atoms with van der Waals surface area (Å²) in [7, 11) is 1.61. The highest BCUT2D eigenvalue weighted by Crippen LogP contribution is 2.29. The van der Waals surface area contributed by atoms with E-state index in [1.807, 2.05) is 36.4 Å². The Kier molecular flexibility index (Phi) is 5.03. The Hall–Kier alpha value is -1.99. The Morgan fingerprint density at radius 3 is 2.65 bits per heavy atom. The van der Waals surface area contributed by atoms with Crippen molar-refractivity contribution in [1.29, 1.82) is 5.26 Å². The first kappa shape index (κ1) is 14.4. The van der Waals surface area contributed by atoms with Gasteiger partial charge in [0.25, 0.3) is 0 Å². The SMILES string of the molecule is COc1cc(CBr)ccc1OCc1ccccc1C#N. The summed E-state index contributed by atoms with van der Waals surface area (Å²) in [6, 6.07) is 15.3. The van der Waals surface area contributed by atoms with Crippen LogP contribution in [0.1, 0.15) is 16.7 Å². The molecule has 0 saturated heterocycles. The summed E-state index contributed by atoms with van der Waals surface area (Å²) < 4.78 is 11.1. The average molecular weight is 332 g/mol. The standard InChI is InChI=1S/C16H14BrNO2/c1-19-16-8-12(9-17)6-7-15(16)20-11-14-5-3-2-4-13(14)10-18/h2-8H,9,11H2,1H3. The van der Waals surface area contributed by atoms with Gasteiger partial charge < -0.3 is 9.47 Å². The average Bonchev–Trinajstić information content (AvgIpc) is 2.52. The maximum atomic E-state index is 9.05. The molecule has 0 unspecified atom stereocenters. The van der Waals surface area contributed by atoms with Gasteiger partial charge in [0, 0.05) is 10.9 Å². The van der Waals surface area contributed by atoms with Crippen molar-refractivity contribution in [3.8, 4) is 17.6 Å². The van der Waals surface area contributed by atoms with Crippen LogP contribution < -0.4 is 9.47 Å².